The summed E-state index contributed by atoms with van der Waals surface area (Å²) < 4.78 is 60.5. The highest BCUT2D eigenvalue weighted by Crippen LogP contribution is 2.31. The maximum Gasteiger partial charge on any atom is 0.417 e. The van der Waals surface area contributed by atoms with Gasteiger partial charge >= 0.3 is 6.18 Å². The molecule has 0 saturated heterocycles. The Morgan fingerprint density at radius 1 is 1.13 bits per heavy atom. The zero-order chi connectivity index (χ0) is 17.4. The highest BCUT2D eigenvalue weighted by molar-refractivity contribution is 7.89. The number of aryl methyl sites for hydroxylation is 2. The summed E-state index contributed by atoms with van der Waals surface area (Å²) in [6.45, 7) is 3.06. The van der Waals surface area contributed by atoms with Gasteiger partial charge in [-0.15, -0.1) is 0 Å². The molecule has 3 N–H and O–H groups in total. The smallest absolute Gasteiger partial charge is 0.340 e. The molecule has 0 unspecified atom stereocenters. The molecule has 23 heavy (non-hydrogen) atoms. The molecule has 0 spiro atoms. The Morgan fingerprint density at radius 3 is 2.26 bits per heavy atom. The van der Waals surface area contributed by atoms with E-state index in [1.54, 1.807) is 6.92 Å². The monoisotopic (exact) mass is 345 g/mol. The molecule has 0 radical (unpaired) electrons. The minimum Gasteiger partial charge on any atom is -0.340 e. The highest BCUT2D eigenvalue weighted by Gasteiger charge is 2.31. The first-order valence-corrected chi connectivity index (χ1v) is 7.97. The van der Waals surface area contributed by atoms with E-state index in [9.17, 15) is 21.6 Å². The number of sulfonamides is 1. The van der Waals surface area contributed by atoms with Crippen LogP contribution in [0.3, 0.4) is 0 Å². The Kier molecular flexibility index (Phi) is 4.36. The van der Waals surface area contributed by atoms with Gasteiger partial charge in [-0.2, -0.15) is 13.2 Å². The van der Waals surface area contributed by atoms with Crippen molar-refractivity contribution in [1.82, 2.24) is 4.98 Å². The number of nitrogens with two attached hydrogens (primary N) is 1. The van der Waals surface area contributed by atoms with Crippen molar-refractivity contribution in [2.24, 2.45) is 5.14 Å². The second-order valence-electron chi connectivity index (χ2n) is 5.04. The number of alkyl halides is 3. The van der Waals surface area contributed by atoms with E-state index in [0.717, 1.165) is 12.3 Å². The number of nitrogens with zero attached hydrogens (tertiary/aromatic N) is 1. The summed E-state index contributed by atoms with van der Waals surface area (Å²) in [5.74, 6) is 0.251. The van der Waals surface area contributed by atoms with Crippen molar-refractivity contribution in [2.45, 2.75) is 24.9 Å². The van der Waals surface area contributed by atoms with Crippen molar-refractivity contribution in [3.63, 3.8) is 0 Å². The molecular formula is C14H14F3N3O2S. The van der Waals surface area contributed by atoms with Crippen LogP contribution in [0, 0.1) is 13.8 Å². The van der Waals surface area contributed by atoms with Crippen LogP contribution in [0.5, 0.6) is 0 Å². The summed E-state index contributed by atoms with van der Waals surface area (Å²) in [6.07, 6.45) is -3.72. The molecule has 9 heteroatoms. The van der Waals surface area contributed by atoms with Gasteiger partial charge in [0.25, 0.3) is 0 Å². The van der Waals surface area contributed by atoms with Crippen molar-refractivity contribution in [1.29, 1.82) is 0 Å². The molecular weight excluding hydrogens is 331 g/mol. The van der Waals surface area contributed by atoms with Crippen LogP contribution in [0.15, 0.2) is 35.4 Å². The lowest BCUT2D eigenvalue weighted by Crippen LogP contribution is -2.13. The number of rotatable bonds is 3. The van der Waals surface area contributed by atoms with E-state index < -0.39 is 21.8 Å². The molecule has 0 aliphatic heterocycles. The quantitative estimate of drug-likeness (QED) is 0.895. The largest absolute Gasteiger partial charge is 0.417 e. The van der Waals surface area contributed by atoms with Gasteiger partial charge < -0.3 is 5.32 Å². The molecule has 0 bridgehead atoms. The van der Waals surface area contributed by atoms with Crippen LogP contribution in [0.2, 0.25) is 0 Å². The third-order valence-electron chi connectivity index (χ3n) is 3.15. The van der Waals surface area contributed by atoms with Crippen molar-refractivity contribution < 1.29 is 21.6 Å². The van der Waals surface area contributed by atoms with Gasteiger partial charge in [0.15, 0.2) is 0 Å². The van der Waals surface area contributed by atoms with E-state index in [2.05, 4.69) is 10.3 Å². The Morgan fingerprint density at radius 2 is 1.78 bits per heavy atom. The molecule has 0 atom stereocenters. The predicted octanol–water partition coefficient (Wildman–Crippen LogP) is 3.11. The van der Waals surface area contributed by atoms with E-state index in [1.807, 2.05) is 0 Å². The van der Waals surface area contributed by atoms with Crippen molar-refractivity contribution in [3.05, 3.63) is 47.2 Å². The maximum atomic E-state index is 12.6. The zero-order valence-corrected chi connectivity index (χ0v) is 13.1. The van der Waals surface area contributed by atoms with Gasteiger partial charge in [0.2, 0.25) is 10.0 Å². The number of anilines is 2. The first kappa shape index (κ1) is 17.2. The van der Waals surface area contributed by atoms with Crippen molar-refractivity contribution in [3.8, 4) is 0 Å². The first-order valence-electron chi connectivity index (χ1n) is 6.43. The molecule has 1 aromatic heterocycles. The van der Waals surface area contributed by atoms with Crippen LogP contribution < -0.4 is 10.5 Å². The number of nitrogens with one attached hydrogen (secondary N) is 1. The Hall–Kier alpha value is -2.13. The SMILES string of the molecule is Cc1cc(Nc2ncc(C(F)(F)F)cc2C)ccc1S(N)(=O)=O. The molecule has 0 aliphatic carbocycles. The van der Waals surface area contributed by atoms with E-state index >= 15 is 0 Å². The summed E-state index contributed by atoms with van der Waals surface area (Å²) >= 11 is 0. The van der Waals surface area contributed by atoms with Crippen LogP contribution in [-0.4, -0.2) is 13.4 Å². The summed E-state index contributed by atoms with van der Waals surface area (Å²) in [4.78, 5) is 3.75. The summed E-state index contributed by atoms with van der Waals surface area (Å²) in [7, 11) is -3.82. The van der Waals surface area contributed by atoms with Gasteiger partial charge in [0.1, 0.15) is 5.82 Å². The number of benzene rings is 1. The fourth-order valence-electron chi connectivity index (χ4n) is 2.04. The lowest BCUT2D eigenvalue weighted by molar-refractivity contribution is -0.137. The fraction of sp³-hybridized carbons (Fsp3) is 0.214. The molecule has 2 rings (SSSR count). The van der Waals surface area contributed by atoms with Gasteiger partial charge in [-0.1, -0.05) is 0 Å². The second kappa shape index (κ2) is 5.82. The lowest BCUT2D eigenvalue weighted by atomic mass is 10.2. The first-order chi connectivity index (χ1) is 10.5. The summed E-state index contributed by atoms with van der Waals surface area (Å²) in [6, 6.07) is 5.30. The Labute approximate surface area is 131 Å². The maximum absolute atomic E-state index is 12.6. The Bertz CT molecular complexity index is 849. The average Bonchev–Trinajstić information content (AvgIpc) is 2.38. The van der Waals surface area contributed by atoms with Gasteiger partial charge in [0.05, 0.1) is 10.5 Å². The van der Waals surface area contributed by atoms with Gasteiger partial charge in [-0.05, 0) is 49.2 Å². The molecule has 5 nitrogen and oxygen atoms in total. The number of hydrogen-bond acceptors (Lipinski definition) is 4. The van der Waals surface area contributed by atoms with Gasteiger partial charge in [-0.25, -0.2) is 18.5 Å². The number of halogens is 3. The fourth-order valence-corrected chi connectivity index (χ4v) is 2.81. The number of pyridine rings is 1. The molecule has 1 heterocycles. The number of aromatic nitrogens is 1. The molecule has 124 valence electrons. The van der Waals surface area contributed by atoms with Crippen molar-refractivity contribution in [2.75, 3.05) is 5.32 Å². The van der Waals surface area contributed by atoms with Crippen LogP contribution in [-0.2, 0) is 16.2 Å². The van der Waals surface area contributed by atoms with Crippen LogP contribution in [0.4, 0.5) is 24.7 Å². The van der Waals surface area contributed by atoms with E-state index in [4.69, 9.17) is 5.14 Å². The normalized spacial score (nSPS) is 12.3. The van der Waals surface area contributed by atoms with Gasteiger partial charge in [-0.3, -0.25) is 0 Å². The van der Waals surface area contributed by atoms with Gasteiger partial charge in [0, 0.05) is 11.9 Å². The van der Waals surface area contributed by atoms with Crippen LogP contribution in [0.1, 0.15) is 16.7 Å². The summed E-state index contributed by atoms with van der Waals surface area (Å²) in [5, 5.41) is 7.93. The number of hydrogen-bond donors (Lipinski definition) is 2. The van der Waals surface area contributed by atoms with E-state index in [-0.39, 0.29) is 10.7 Å². The molecule has 1 aromatic carbocycles. The Balaban J connectivity index is 2.32. The standard InChI is InChI=1S/C14H14F3N3O2S/c1-8-6-11(3-4-12(8)23(18,21)22)20-13-9(2)5-10(7-19-13)14(15,16)17/h3-7H,1-2H3,(H,19,20)(H2,18,21,22). The highest BCUT2D eigenvalue weighted by atomic mass is 32.2. The minimum absolute atomic E-state index is 0.0137. The topological polar surface area (TPSA) is 85.1 Å². The third kappa shape index (κ3) is 3.99. The molecule has 0 amide bonds. The molecule has 0 fully saturated rings. The molecule has 0 aliphatic rings. The minimum atomic E-state index is -4.45. The second-order valence-corrected chi connectivity index (χ2v) is 6.57. The number of primary sulfonamides is 1. The molecule has 2 aromatic rings. The zero-order valence-electron chi connectivity index (χ0n) is 12.3. The average molecular weight is 345 g/mol. The van der Waals surface area contributed by atoms with E-state index in [0.29, 0.717) is 16.8 Å². The third-order valence-corrected chi connectivity index (χ3v) is 4.22. The van der Waals surface area contributed by atoms with Crippen LogP contribution in [0.25, 0.3) is 0 Å². The van der Waals surface area contributed by atoms with E-state index in [1.165, 1.54) is 25.1 Å². The molecule has 0 saturated carbocycles. The predicted molar refractivity (Wildman–Crippen MR) is 79.8 cm³/mol. The van der Waals surface area contributed by atoms with Crippen molar-refractivity contribution >= 4 is 21.5 Å². The summed E-state index contributed by atoms with van der Waals surface area (Å²) in [5.41, 5.74) is 0.390. The lowest BCUT2D eigenvalue weighted by Gasteiger charge is -2.13. The van der Waals surface area contributed by atoms with Crippen LogP contribution >= 0.6 is 0 Å².